The average Bonchev–Trinajstić information content (AvgIpc) is 3.46. The van der Waals surface area contributed by atoms with Gasteiger partial charge in [-0.05, 0) is 186 Å². The Morgan fingerprint density at radius 2 is 0.857 bits per heavy atom. The van der Waals surface area contributed by atoms with Crippen LogP contribution in [0.1, 0.15) is 191 Å². The van der Waals surface area contributed by atoms with Crippen molar-refractivity contribution in [3.8, 4) is 28.7 Å². The van der Waals surface area contributed by atoms with Crippen LogP contribution in [-0.4, -0.2) is 69.5 Å². The number of hydrogen-bond acceptors (Lipinski definition) is 13. The van der Waals surface area contributed by atoms with E-state index in [1.165, 1.54) is 75.1 Å². The van der Waals surface area contributed by atoms with Gasteiger partial charge in [-0.1, -0.05) is 83.6 Å². The molecule has 5 rings (SSSR count). The van der Waals surface area contributed by atoms with Gasteiger partial charge in [0.2, 0.25) is 0 Å². The smallest absolute Gasteiger partial charge is 0.343 e. The molecule has 0 saturated heterocycles. The van der Waals surface area contributed by atoms with Gasteiger partial charge in [-0.25, -0.2) is 24.0 Å². The molecule has 0 radical (unpaired) electrons. The molecule has 13 nitrogen and oxygen atoms in total. The van der Waals surface area contributed by atoms with Crippen molar-refractivity contribution in [1.82, 2.24) is 0 Å². The molecule has 13 heteroatoms. The van der Waals surface area contributed by atoms with Crippen molar-refractivity contribution in [2.24, 2.45) is 5.92 Å². The van der Waals surface area contributed by atoms with E-state index < -0.39 is 29.8 Å². The van der Waals surface area contributed by atoms with Gasteiger partial charge in [0.25, 0.3) is 0 Å². The van der Waals surface area contributed by atoms with E-state index in [4.69, 9.17) is 37.9 Å². The van der Waals surface area contributed by atoms with Crippen molar-refractivity contribution in [3.05, 3.63) is 139 Å². The number of carbonyl (C=O) groups is 5. The van der Waals surface area contributed by atoms with Crippen molar-refractivity contribution in [2.75, 3.05) is 39.6 Å². The van der Waals surface area contributed by atoms with Gasteiger partial charge in [0.1, 0.15) is 34.3 Å². The second kappa shape index (κ2) is 36.2. The van der Waals surface area contributed by atoms with E-state index >= 15 is 0 Å². The van der Waals surface area contributed by atoms with E-state index in [-0.39, 0.29) is 34.8 Å². The molecule has 0 aromatic heterocycles. The Hall–Kier alpha value is -6.89. The zero-order valence-corrected chi connectivity index (χ0v) is 45.5. The molecule has 77 heavy (non-hydrogen) atoms. The van der Waals surface area contributed by atoms with Gasteiger partial charge in [0.15, 0.2) is 0 Å². The van der Waals surface area contributed by atoms with Crippen LogP contribution in [-0.2, 0) is 23.8 Å². The number of hydrogen-bond donors (Lipinski definition) is 0. The second-order valence-corrected chi connectivity index (χ2v) is 19.6. The molecule has 0 N–H and O–H groups in total. The quantitative estimate of drug-likeness (QED) is 0.0137. The van der Waals surface area contributed by atoms with Crippen LogP contribution in [0.3, 0.4) is 0 Å². The zero-order chi connectivity index (χ0) is 54.7. The van der Waals surface area contributed by atoms with E-state index in [0.29, 0.717) is 56.9 Å². The average molecular weight is 1060 g/mol. The topological polar surface area (TPSA) is 159 Å². The molecule has 0 bridgehead atoms. The van der Waals surface area contributed by atoms with Crippen molar-refractivity contribution in [1.29, 1.82) is 0 Å². The highest BCUT2D eigenvalue weighted by Gasteiger charge is 2.23. The first-order valence-electron chi connectivity index (χ1n) is 28.2. The monoisotopic (exact) mass is 1060 g/mol. The molecule has 0 heterocycles. The minimum absolute atomic E-state index is 0.0504. The predicted molar refractivity (Wildman–Crippen MR) is 298 cm³/mol. The van der Waals surface area contributed by atoms with Crippen LogP contribution in [0.5, 0.6) is 28.7 Å². The lowest BCUT2D eigenvalue weighted by Gasteiger charge is -2.29. The summed E-state index contributed by atoms with van der Waals surface area (Å²) in [5, 5.41) is 0. The molecule has 4 aromatic carbocycles. The van der Waals surface area contributed by atoms with E-state index in [2.05, 4.69) is 44.3 Å². The molecule has 1 aliphatic carbocycles. The fourth-order valence-electron chi connectivity index (χ4n) is 9.13. The summed E-state index contributed by atoms with van der Waals surface area (Å²) in [5.41, 5.74) is 1.87. The first kappa shape index (κ1) is 61.0. The maximum atomic E-state index is 13.7. The third kappa shape index (κ3) is 23.9. The summed E-state index contributed by atoms with van der Waals surface area (Å²) >= 11 is 0. The predicted octanol–water partition coefficient (Wildman–Crippen LogP) is 14.9. The lowest BCUT2D eigenvalue weighted by molar-refractivity contribution is -0.138. The second-order valence-electron chi connectivity index (χ2n) is 19.6. The molecule has 1 fully saturated rings. The van der Waals surface area contributed by atoms with Crippen LogP contribution in [0.4, 0.5) is 0 Å². The largest absolute Gasteiger partial charge is 0.494 e. The van der Waals surface area contributed by atoms with Gasteiger partial charge in [0.05, 0.1) is 50.8 Å². The Morgan fingerprint density at radius 1 is 0.442 bits per heavy atom. The molecule has 1 aliphatic rings. The van der Waals surface area contributed by atoms with Crippen molar-refractivity contribution in [2.45, 2.75) is 154 Å². The third-order valence-corrected chi connectivity index (χ3v) is 13.7. The number of esters is 5. The highest BCUT2D eigenvalue weighted by Crippen LogP contribution is 2.38. The van der Waals surface area contributed by atoms with Crippen LogP contribution in [0.25, 0.3) is 0 Å². The van der Waals surface area contributed by atoms with E-state index in [1.54, 1.807) is 48.5 Å². The first-order chi connectivity index (χ1) is 37.6. The molecule has 0 atom stereocenters. The Bertz CT molecular complexity index is 2380. The van der Waals surface area contributed by atoms with Gasteiger partial charge < -0.3 is 37.9 Å². The normalized spacial score (nSPS) is 13.9. The van der Waals surface area contributed by atoms with Crippen LogP contribution in [0.15, 0.2) is 116 Å². The summed E-state index contributed by atoms with van der Waals surface area (Å²) in [6.45, 7) is 11.6. The molecule has 1 saturated carbocycles. The first-order valence-corrected chi connectivity index (χ1v) is 28.2. The van der Waals surface area contributed by atoms with Crippen molar-refractivity contribution in [3.63, 3.8) is 0 Å². The summed E-state index contributed by atoms with van der Waals surface area (Å²) in [6, 6.07) is 26.0. The summed E-state index contributed by atoms with van der Waals surface area (Å²) in [7, 11) is 0. The van der Waals surface area contributed by atoms with Gasteiger partial charge >= 0.3 is 29.8 Å². The molecule has 0 amide bonds. The fourth-order valence-corrected chi connectivity index (χ4v) is 9.13. The minimum atomic E-state index is -0.722. The number of ether oxygens (including phenoxy) is 8. The lowest BCUT2D eigenvalue weighted by atomic mass is 9.77. The van der Waals surface area contributed by atoms with Gasteiger partial charge in [-0.3, -0.25) is 0 Å². The highest BCUT2D eigenvalue weighted by molar-refractivity contribution is 5.97. The maximum Gasteiger partial charge on any atom is 0.343 e. The standard InChI is InChI=1S/C64H82O13/c1-4-7-16-23-49-24-26-50(27-25-49)51-28-34-54(35-29-51)70-42-17-10-8-9-11-22-47-75-64(69)58-48-57(76-62(67)52-30-36-55(37-31-52)71-43-18-12-14-20-45-73-60(65)5-2)40-41-59(58)77-63(68)53-32-38-56(39-33-53)72-44-19-13-15-21-46-74-61(66)6-3/h5-6,28-41,48-50H,2-4,7-27,42-47H2,1H3/t49-,50-. The van der Waals surface area contributed by atoms with E-state index in [0.717, 1.165) is 107 Å². The molecular formula is C64H82O13. The number of benzene rings is 4. The van der Waals surface area contributed by atoms with Gasteiger partial charge in [-0.2, -0.15) is 0 Å². The Kier molecular flexibility index (Phi) is 28.7. The lowest BCUT2D eigenvalue weighted by Crippen LogP contribution is -2.14. The SMILES string of the molecule is C=CC(=O)OCCCCCCOc1ccc(C(=O)Oc2ccc(OC(=O)c3ccc(OCCCCCCOC(=O)C=C)cc3)c(C(=O)OCCCCCCCCOc3ccc([C@H]4CC[C@H](CCCCC)CC4)cc3)c2)cc1. The molecule has 416 valence electrons. The number of carbonyl (C=O) groups excluding carboxylic acids is 5. The Balaban J connectivity index is 1.06. The summed E-state index contributed by atoms with van der Waals surface area (Å²) in [6.07, 6.45) is 25.2. The summed E-state index contributed by atoms with van der Waals surface area (Å²) in [5.74, 6) is 0.755. The van der Waals surface area contributed by atoms with Crippen LogP contribution in [0, 0.1) is 5.92 Å². The molecule has 4 aromatic rings. The van der Waals surface area contributed by atoms with E-state index in [1.807, 2.05) is 0 Å². The molecule has 0 unspecified atom stereocenters. The molecule has 0 spiro atoms. The van der Waals surface area contributed by atoms with Crippen LogP contribution >= 0.6 is 0 Å². The summed E-state index contributed by atoms with van der Waals surface area (Å²) < 4.78 is 44.9. The fraction of sp³-hybridized carbons (Fsp3) is 0.484. The Labute approximate surface area is 457 Å². The zero-order valence-electron chi connectivity index (χ0n) is 45.5. The highest BCUT2D eigenvalue weighted by atomic mass is 16.6. The van der Waals surface area contributed by atoms with E-state index in [9.17, 15) is 24.0 Å². The third-order valence-electron chi connectivity index (χ3n) is 13.7. The maximum absolute atomic E-state index is 13.7. The summed E-state index contributed by atoms with van der Waals surface area (Å²) in [4.78, 5) is 62.7. The van der Waals surface area contributed by atoms with Gasteiger partial charge in [0, 0.05) is 12.2 Å². The Morgan fingerprint density at radius 3 is 1.32 bits per heavy atom. The molecular weight excluding hydrogens is 977 g/mol. The molecule has 0 aliphatic heterocycles. The van der Waals surface area contributed by atoms with Crippen LogP contribution < -0.4 is 23.7 Å². The van der Waals surface area contributed by atoms with Crippen LogP contribution in [0.2, 0.25) is 0 Å². The minimum Gasteiger partial charge on any atom is -0.494 e. The van der Waals surface area contributed by atoms with Gasteiger partial charge in [-0.15, -0.1) is 0 Å². The number of rotatable bonds is 38. The van der Waals surface area contributed by atoms with Crippen molar-refractivity contribution >= 4 is 29.8 Å². The van der Waals surface area contributed by atoms with Crippen molar-refractivity contribution < 1.29 is 61.9 Å². The number of unbranched alkanes of at least 4 members (excludes halogenated alkanes) is 13.